The molecule has 0 fully saturated rings. The highest BCUT2D eigenvalue weighted by Gasteiger charge is 2.17. The topological polar surface area (TPSA) is 29.3 Å². The quantitative estimate of drug-likeness (QED) is 0.839. The van der Waals surface area contributed by atoms with E-state index in [9.17, 15) is 8.78 Å². The van der Waals surface area contributed by atoms with Crippen LogP contribution in [-0.4, -0.2) is 14.1 Å². The summed E-state index contributed by atoms with van der Waals surface area (Å²) in [5.74, 6) is -1.16. The summed E-state index contributed by atoms with van der Waals surface area (Å²) in [5, 5.41) is 0. The van der Waals surface area contributed by atoms with Crippen molar-refractivity contribution in [3.05, 3.63) is 63.6 Å². The lowest BCUT2D eigenvalue weighted by Gasteiger charge is -2.18. The fourth-order valence-electron chi connectivity index (χ4n) is 2.13. The summed E-state index contributed by atoms with van der Waals surface area (Å²) >= 11 is 3.07. The molecule has 112 valence electrons. The molecule has 0 amide bonds. The highest BCUT2D eigenvalue weighted by atomic mass is 79.9. The van der Waals surface area contributed by atoms with Gasteiger partial charge in [0.15, 0.2) is 0 Å². The molecule has 0 saturated carbocycles. The molecule has 0 aliphatic carbocycles. The normalized spacial score (nSPS) is 12.3. The summed E-state index contributed by atoms with van der Waals surface area (Å²) in [6.07, 6.45) is 0.105. The molecule has 2 aromatic rings. The van der Waals surface area contributed by atoms with E-state index in [1.165, 1.54) is 12.1 Å². The molecule has 0 heterocycles. The molecule has 1 unspecified atom stereocenters. The van der Waals surface area contributed by atoms with E-state index in [0.29, 0.717) is 0 Å². The SMILES string of the molecule is CN(C)c1cccc(C(N)Cc2c(F)ccc(Br)c2F)c1. The molecule has 1 atom stereocenters. The van der Waals surface area contributed by atoms with Gasteiger partial charge in [-0.1, -0.05) is 12.1 Å². The number of benzene rings is 2. The maximum absolute atomic E-state index is 14.0. The number of rotatable bonds is 4. The van der Waals surface area contributed by atoms with Crippen molar-refractivity contribution >= 4 is 21.6 Å². The van der Waals surface area contributed by atoms with Crippen molar-refractivity contribution in [2.45, 2.75) is 12.5 Å². The average Bonchev–Trinajstić information content (AvgIpc) is 2.47. The molecule has 2 nitrogen and oxygen atoms in total. The lowest BCUT2D eigenvalue weighted by atomic mass is 9.98. The van der Waals surface area contributed by atoms with Gasteiger partial charge in [-0.3, -0.25) is 0 Å². The zero-order chi connectivity index (χ0) is 15.6. The second kappa shape index (κ2) is 6.54. The first kappa shape index (κ1) is 15.9. The number of anilines is 1. The van der Waals surface area contributed by atoms with E-state index in [-0.39, 0.29) is 16.5 Å². The van der Waals surface area contributed by atoms with E-state index in [1.807, 2.05) is 43.3 Å². The van der Waals surface area contributed by atoms with Gasteiger partial charge in [0.25, 0.3) is 0 Å². The molecule has 5 heteroatoms. The third-order valence-corrected chi connectivity index (χ3v) is 3.99. The van der Waals surface area contributed by atoms with E-state index >= 15 is 0 Å². The first-order valence-electron chi connectivity index (χ1n) is 6.55. The Bertz CT molecular complexity index is 644. The maximum Gasteiger partial charge on any atom is 0.143 e. The van der Waals surface area contributed by atoms with Gasteiger partial charge in [-0.2, -0.15) is 0 Å². The van der Waals surface area contributed by atoms with Gasteiger partial charge >= 0.3 is 0 Å². The third kappa shape index (κ3) is 3.60. The van der Waals surface area contributed by atoms with Gasteiger partial charge in [-0.15, -0.1) is 0 Å². The zero-order valence-corrected chi connectivity index (χ0v) is 13.5. The van der Waals surface area contributed by atoms with Crippen molar-refractivity contribution in [3.63, 3.8) is 0 Å². The van der Waals surface area contributed by atoms with Crippen LogP contribution in [0.15, 0.2) is 40.9 Å². The standard InChI is InChI=1S/C16H17BrF2N2/c1-21(2)11-5-3-4-10(8-11)15(20)9-12-14(18)7-6-13(17)16(12)19/h3-8,15H,9,20H2,1-2H3. The highest BCUT2D eigenvalue weighted by molar-refractivity contribution is 9.10. The Morgan fingerprint density at radius 1 is 1.19 bits per heavy atom. The molecule has 2 rings (SSSR count). The lowest BCUT2D eigenvalue weighted by Crippen LogP contribution is -2.16. The summed E-state index contributed by atoms with van der Waals surface area (Å²) in [6, 6.07) is 9.76. The van der Waals surface area contributed by atoms with Gasteiger partial charge in [-0.25, -0.2) is 8.78 Å². The second-order valence-electron chi connectivity index (χ2n) is 5.12. The molecule has 2 aromatic carbocycles. The van der Waals surface area contributed by atoms with Crippen LogP contribution in [0.3, 0.4) is 0 Å². The summed E-state index contributed by atoms with van der Waals surface area (Å²) in [4.78, 5) is 1.95. The molecule has 0 aliphatic heterocycles. The Kier molecular flexibility index (Phi) is 4.96. The third-order valence-electron chi connectivity index (χ3n) is 3.38. The Labute approximate surface area is 131 Å². The van der Waals surface area contributed by atoms with Crippen molar-refractivity contribution in [1.29, 1.82) is 0 Å². The van der Waals surface area contributed by atoms with Crippen LogP contribution in [-0.2, 0) is 6.42 Å². The number of hydrogen-bond donors (Lipinski definition) is 1. The fourth-order valence-corrected chi connectivity index (χ4v) is 2.50. The Morgan fingerprint density at radius 3 is 2.57 bits per heavy atom. The minimum absolute atomic E-state index is 0.00660. The van der Waals surface area contributed by atoms with Gasteiger partial charge in [0, 0.05) is 31.4 Å². The summed E-state index contributed by atoms with van der Waals surface area (Å²) < 4.78 is 28.0. The number of nitrogens with zero attached hydrogens (tertiary/aromatic N) is 1. The number of halogens is 3. The van der Waals surface area contributed by atoms with Crippen LogP contribution in [0.4, 0.5) is 14.5 Å². The lowest BCUT2D eigenvalue weighted by molar-refractivity contribution is 0.536. The number of hydrogen-bond acceptors (Lipinski definition) is 2. The van der Waals surface area contributed by atoms with Crippen LogP contribution in [0.25, 0.3) is 0 Å². The van der Waals surface area contributed by atoms with E-state index in [2.05, 4.69) is 15.9 Å². The van der Waals surface area contributed by atoms with E-state index in [1.54, 1.807) is 0 Å². The molecule has 0 bridgehead atoms. The van der Waals surface area contributed by atoms with E-state index < -0.39 is 17.7 Å². The average molecular weight is 355 g/mol. The Hall–Kier alpha value is -1.46. The van der Waals surface area contributed by atoms with E-state index in [4.69, 9.17) is 5.73 Å². The predicted molar refractivity (Wildman–Crippen MR) is 85.5 cm³/mol. The van der Waals surface area contributed by atoms with Gasteiger partial charge < -0.3 is 10.6 Å². The van der Waals surface area contributed by atoms with Crippen LogP contribution >= 0.6 is 15.9 Å². The monoisotopic (exact) mass is 354 g/mol. The second-order valence-corrected chi connectivity index (χ2v) is 5.98. The summed E-state index contributed by atoms with van der Waals surface area (Å²) in [5.41, 5.74) is 7.97. The molecule has 21 heavy (non-hydrogen) atoms. The van der Waals surface area contributed by atoms with Crippen LogP contribution in [0.5, 0.6) is 0 Å². The number of nitrogens with two attached hydrogens (primary N) is 1. The van der Waals surface area contributed by atoms with Crippen LogP contribution in [0.1, 0.15) is 17.2 Å². The largest absolute Gasteiger partial charge is 0.378 e. The van der Waals surface area contributed by atoms with Gasteiger partial charge in [0.1, 0.15) is 11.6 Å². The Morgan fingerprint density at radius 2 is 1.90 bits per heavy atom. The maximum atomic E-state index is 14.0. The molecule has 0 radical (unpaired) electrons. The van der Waals surface area contributed by atoms with Gasteiger partial charge in [-0.05, 0) is 52.2 Å². The zero-order valence-electron chi connectivity index (χ0n) is 11.9. The minimum atomic E-state index is -0.589. The highest BCUT2D eigenvalue weighted by Crippen LogP contribution is 2.26. The van der Waals surface area contributed by atoms with Crippen molar-refractivity contribution in [2.75, 3.05) is 19.0 Å². The van der Waals surface area contributed by atoms with Crippen LogP contribution in [0, 0.1) is 11.6 Å². The van der Waals surface area contributed by atoms with Crippen molar-refractivity contribution in [2.24, 2.45) is 5.73 Å². The minimum Gasteiger partial charge on any atom is -0.378 e. The van der Waals surface area contributed by atoms with Crippen molar-refractivity contribution in [1.82, 2.24) is 0 Å². The summed E-state index contributed by atoms with van der Waals surface area (Å²) in [7, 11) is 3.86. The smallest absolute Gasteiger partial charge is 0.143 e. The Balaban J connectivity index is 2.28. The van der Waals surface area contributed by atoms with Crippen LogP contribution < -0.4 is 10.6 Å². The van der Waals surface area contributed by atoms with Gasteiger partial charge in [0.05, 0.1) is 4.47 Å². The van der Waals surface area contributed by atoms with Crippen LogP contribution in [0.2, 0.25) is 0 Å². The fraction of sp³-hybridized carbons (Fsp3) is 0.250. The predicted octanol–water partition coefficient (Wildman–Crippen LogP) is 4.04. The van der Waals surface area contributed by atoms with Crippen molar-refractivity contribution < 1.29 is 8.78 Å². The van der Waals surface area contributed by atoms with Crippen molar-refractivity contribution in [3.8, 4) is 0 Å². The summed E-state index contributed by atoms with van der Waals surface area (Å²) in [6.45, 7) is 0. The molecule has 0 saturated heterocycles. The van der Waals surface area contributed by atoms with E-state index in [0.717, 1.165) is 11.3 Å². The molecular weight excluding hydrogens is 338 g/mol. The molecule has 0 aromatic heterocycles. The first-order chi connectivity index (χ1) is 9.90. The van der Waals surface area contributed by atoms with Gasteiger partial charge in [0.2, 0.25) is 0 Å². The molecule has 0 aliphatic rings. The first-order valence-corrected chi connectivity index (χ1v) is 7.34. The molecular formula is C16H17BrF2N2. The molecule has 2 N–H and O–H groups in total. The molecule has 0 spiro atoms.